The van der Waals surface area contributed by atoms with Gasteiger partial charge in [0.05, 0.1) is 27.7 Å². The van der Waals surface area contributed by atoms with Gasteiger partial charge in [0, 0.05) is 32.1 Å². The van der Waals surface area contributed by atoms with E-state index in [1.807, 2.05) is 23.6 Å². The molecule has 1 aliphatic rings. The van der Waals surface area contributed by atoms with E-state index >= 15 is 0 Å². The Morgan fingerprint density at radius 3 is 2.26 bits per heavy atom. The van der Waals surface area contributed by atoms with Crippen LogP contribution in [0.15, 0.2) is 12.1 Å². The fourth-order valence-corrected chi connectivity index (χ4v) is 4.16. The summed E-state index contributed by atoms with van der Waals surface area (Å²) in [5, 5.41) is 0.715. The van der Waals surface area contributed by atoms with Gasteiger partial charge in [0.1, 0.15) is 0 Å². The summed E-state index contributed by atoms with van der Waals surface area (Å²) in [4.78, 5) is 38.6. The molecule has 31 heavy (non-hydrogen) atoms. The largest absolute Gasteiger partial charge is 0.461 e. The molecule has 2 aromatic rings. The normalized spacial score (nSPS) is 14.8. The minimum absolute atomic E-state index is 0.0500. The number of rotatable bonds is 6. The van der Waals surface area contributed by atoms with Gasteiger partial charge in [0.25, 0.3) is 0 Å². The van der Waals surface area contributed by atoms with Gasteiger partial charge in [-0.3, -0.25) is 4.79 Å². The minimum Gasteiger partial charge on any atom is -0.461 e. The van der Waals surface area contributed by atoms with E-state index in [9.17, 15) is 9.59 Å². The number of carbonyl (C=O) groups excluding carboxylic acids is 2. The highest BCUT2D eigenvalue weighted by atomic mass is 35.5. The van der Waals surface area contributed by atoms with Gasteiger partial charge in [-0.25, -0.2) is 14.8 Å². The summed E-state index contributed by atoms with van der Waals surface area (Å²) in [6.45, 7) is 8.53. The van der Waals surface area contributed by atoms with Crippen molar-refractivity contribution in [2.45, 2.75) is 40.0 Å². The lowest BCUT2D eigenvalue weighted by molar-refractivity contribution is -0.135. The first kappa shape index (κ1) is 23.5. The molecule has 0 atom stereocenters. The molecule has 0 N–H and O–H groups in total. The molecule has 7 nitrogen and oxygen atoms in total. The van der Waals surface area contributed by atoms with Crippen LogP contribution in [-0.4, -0.2) is 59.5 Å². The molecule has 1 aliphatic heterocycles. The summed E-state index contributed by atoms with van der Waals surface area (Å²) in [5.74, 6) is 0.158. The van der Waals surface area contributed by atoms with E-state index in [0.717, 1.165) is 19.3 Å². The van der Waals surface area contributed by atoms with Crippen molar-refractivity contribution in [2.75, 3.05) is 37.7 Å². The SMILES string of the molecule is CCOC(=O)c1nc2cc(Cl)c(Cl)cc2nc1N1CCCN(C(=O)C(CC)CC)CC1. The fraction of sp³-hybridized carbons (Fsp3) is 0.545. The van der Waals surface area contributed by atoms with E-state index in [1.54, 1.807) is 19.1 Å². The zero-order valence-electron chi connectivity index (χ0n) is 18.2. The summed E-state index contributed by atoms with van der Waals surface area (Å²) in [5.41, 5.74) is 1.17. The summed E-state index contributed by atoms with van der Waals surface area (Å²) < 4.78 is 5.22. The maximum atomic E-state index is 12.8. The second-order valence-electron chi connectivity index (χ2n) is 7.55. The number of ether oxygens (including phenoxy) is 1. The van der Waals surface area contributed by atoms with E-state index < -0.39 is 5.97 Å². The Hall–Kier alpha value is -2.12. The predicted octanol–water partition coefficient (Wildman–Crippen LogP) is 4.59. The highest BCUT2D eigenvalue weighted by Gasteiger charge is 2.28. The van der Waals surface area contributed by atoms with Crippen molar-refractivity contribution < 1.29 is 14.3 Å². The lowest BCUT2D eigenvalue weighted by Gasteiger charge is -2.26. The van der Waals surface area contributed by atoms with E-state index in [2.05, 4.69) is 4.98 Å². The molecule has 1 aromatic heterocycles. The van der Waals surface area contributed by atoms with Crippen LogP contribution in [0.5, 0.6) is 0 Å². The van der Waals surface area contributed by atoms with Gasteiger partial charge in [0.2, 0.25) is 5.91 Å². The first-order valence-corrected chi connectivity index (χ1v) is 11.5. The van der Waals surface area contributed by atoms with Crippen LogP contribution in [0.2, 0.25) is 10.0 Å². The van der Waals surface area contributed by atoms with Crippen LogP contribution >= 0.6 is 23.2 Å². The maximum Gasteiger partial charge on any atom is 0.360 e. The zero-order chi connectivity index (χ0) is 22.5. The molecule has 1 fully saturated rings. The van der Waals surface area contributed by atoms with Gasteiger partial charge >= 0.3 is 5.97 Å². The molecule has 2 heterocycles. The van der Waals surface area contributed by atoms with Crippen molar-refractivity contribution in [3.63, 3.8) is 0 Å². The van der Waals surface area contributed by atoms with Crippen LogP contribution in [0.25, 0.3) is 11.0 Å². The number of aromatic nitrogens is 2. The average Bonchev–Trinajstić information content (AvgIpc) is 3.01. The molecule has 0 bridgehead atoms. The Kier molecular flexibility index (Phi) is 7.94. The van der Waals surface area contributed by atoms with Crippen LogP contribution in [-0.2, 0) is 9.53 Å². The zero-order valence-corrected chi connectivity index (χ0v) is 19.7. The van der Waals surface area contributed by atoms with Crippen molar-refractivity contribution in [2.24, 2.45) is 5.92 Å². The van der Waals surface area contributed by atoms with Crippen molar-refractivity contribution >= 4 is 51.9 Å². The van der Waals surface area contributed by atoms with E-state index in [1.165, 1.54) is 0 Å². The third kappa shape index (κ3) is 5.21. The molecule has 3 rings (SSSR count). The number of nitrogens with zero attached hydrogens (tertiary/aromatic N) is 4. The highest BCUT2D eigenvalue weighted by molar-refractivity contribution is 6.42. The Bertz CT molecular complexity index is 965. The summed E-state index contributed by atoms with van der Waals surface area (Å²) >= 11 is 12.3. The molecule has 0 aliphatic carbocycles. The molecule has 1 amide bonds. The lowest BCUT2D eigenvalue weighted by atomic mass is 10.0. The van der Waals surface area contributed by atoms with Gasteiger partial charge in [-0.1, -0.05) is 37.0 Å². The molecule has 1 saturated heterocycles. The molecule has 9 heteroatoms. The third-order valence-electron chi connectivity index (χ3n) is 5.60. The lowest BCUT2D eigenvalue weighted by Crippen LogP contribution is -2.39. The predicted molar refractivity (Wildman–Crippen MR) is 123 cm³/mol. The number of anilines is 1. The van der Waals surface area contributed by atoms with Gasteiger partial charge in [-0.15, -0.1) is 0 Å². The van der Waals surface area contributed by atoms with E-state index in [-0.39, 0.29) is 24.1 Å². The van der Waals surface area contributed by atoms with Crippen molar-refractivity contribution in [3.05, 3.63) is 27.9 Å². The quantitative estimate of drug-likeness (QED) is 0.579. The molecule has 0 saturated carbocycles. The van der Waals surface area contributed by atoms with Crippen molar-refractivity contribution in [1.82, 2.24) is 14.9 Å². The average molecular weight is 467 g/mol. The Morgan fingerprint density at radius 2 is 1.65 bits per heavy atom. The number of benzene rings is 1. The van der Waals surface area contributed by atoms with Crippen LogP contribution in [0, 0.1) is 5.92 Å². The van der Waals surface area contributed by atoms with Gasteiger partial charge in [-0.2, -0.15) is 0 Å². The first-order chi connectivity index (χ1) is 14.9. The van der Waals surface area contributed by atoms with E-state index in [4.69, 9.17) is 32.9 Å². The van der Waals surface area contributed by atoms with Crippen molar-refractivity contribution in [3.8, 4) is 0 Å². The number of hydrogen-bond donors (Lipinski definition) is 0. The highest BCUT2D eigenvalue weighted by Crippen LogP contribution is 2.29. The fourth-order valence-electron chi connectivity index (χ4n) is 3.85. The Labute approximate surface area is 192 Å². The number of carbonyl (C=O) groups is 2. The smallest absolute Gasteiger partial charge is 0.360 e. The van der Waals surface area contributed by atoms with Gasteiger partial charge in [-0.05, 0) is 38.3 Å². The summed E-state index contributed by atoms with van der Waals surface area (Å²) in [7, 11) is 0. The van der Waals surface area contributed by atoms with Crippen LogP contribution in [0.4, 0.5) is 5.82 Å². The Morgan fingerprint density at radius 1 is 1.00 bits per heavy atom. The molecule has 168 valence electrons. The molecular formula is C22H28Cl2N4O3. The monoisotopic (exact) mass is 466 g/mol. The van der Waals surface area contributed by atoms with Crippen LogP contribution in [0.1, 0.15) is 50.5 Å². The summed E-state index contributed by atoms with van der Waals surface area (Å²) in [6.07, 6.45) is 2.44. The standard InChI is InChI=1S/C22H28Cl2N4O3/c1-4-14(5-2)21(29)28-9-7-8-27(10-11-28)20-19(22(30)31-6-3)25-17-12-15(23)16(24)13-18(17)26-20/h12-14H,4-11H2,1-3H3. The van der Waals surface area contributed by atoms with Crippen LogP contribution < -0.4 is 4.90 Å². The summed E-state index contributed by atoms with van der Waals surface area (Å²) in [6, 6.07) is 3.24. The third-order valence-corrected chi connectivity index (χ3v) is 6.32. The molecule has 0 unspecified atom stereocenters. The maximum absolute atomic E-state index is 12.8. The number of esters is 1. The molecule has 1 aromatic carbocycles. The topological polar surface area (TPSA) is 75.6 Å². The number of amides is 1. The van der Waals surface area contributed by atoms with Gasteiger partial charge < -0.3 is 14.5 Å². The van der Waals surface area contributed by atoms with Crippen LogP contribution in [0.3, 0.4) is 0 Å². The number of fused-ring (bicyclic) bond motifs is 1. The van der Waals surface area contributed by atoms with Crippen molar-refractivity contribution in [1.29, 1.82) is 0 Å². The molecular weight excluding hydrogens is 439 g/mol. The first-order valence-electron chi connectivity index (χ1n) is 10.8. The number of hydrogen-bond acceptors (Lipinski definition) is 6. The molecule has 0 spiro atoms. The van der Waals surface area contributed by atoms with E-state index in [0.29, 0.717) is 53.1 Å². The second kappa shape index (κ2) is 10.5. The second-order valence-corrected chi connectivity index (χ2v) is 8.37. The molecule has 0 radical (unpaired) electrons. The minimum atomic E-state index is -0.535. The number of halogens is 2. The Balaban J connectivity index is 1.94. The van der Waals surface area contributed by atoms with Gasteiger partial charge in [0.15, 0.2) is 11.5 Å².